The van der Waals surface area contributed by atoms with E-state index in [1.54, 1.807) is 0 Å². The molecular formula is C37H21NOS. The predicted octanol–water partition coefficient (Wildman–Crippen LogP) is 11.0. The minimum atomic E-state index is 0.889. The van der Waals surface area contributed by atoms with Crippen molar-refractivity contribution in [2.75, 3.05) is 0 Å². The summed E-state index contributed by atoms with van der Waals surface area (Å²) in [4.78, 5) is 5.18. The van der Waals surface area contributed by atoms with E-state index in [0.717, 1.165) is 49.5 Å². The van der Waals surface area contributed by atoms with Gasteiger partial charge in [-0.2, -0.15) is 0 Å². The molecule has 9 rings (SSSR count). The van der Waals surface area contributed by atoms with Crippen molar-refractivity contribution < 1.29 is 4.42 Å². The lowest BCUT2D eigenvalue weighted by molar-refractivity contribution is 0.669. The Balaban J connectivity index is 1.26. The third kappa shape index (κ3) is 3.13. The molecule has 0 radical (unpaired) electrons. The van der Waals surface area contributed by atoms with Gasteiger partial charge in [-0.25, -0.2) is 4.98 Å². The number of rotatable bonds is 2. The average Bonchev–Trinajstić information content (AvgIpc) is 3.58. The highest BCUT2D eigenvalue weighted by atomic mass is 32.1. The fourth-order valence-corrected chi connectivity index (χ4v) is 7.41. The van der Waals surface area contributed by atoms with Gasteiger partial charge in [-0.3, -0.25) is 0 Å². The van der Waals surface area contributed by atoms with Crippen LogP contribution in [0.15, 0.2) is 132 Å². The second-order valence-corrected chi connectivity index (χ2v) is 11.4. The lowest BCUT2D eigenvalue weighted by Gasteiger charge is -2.11. The highest BCUT2D eigenvalue weighted by Crippen LogP contribution is 2.41. The fourth-order valence-electron chi connectivity index (χ4n) is 6.17. The standard InChI is InChI=1S/C37H21NOS/c1-4-13-32-25(8-1)29-20-30-26-9-2-5-14-33(26)39-34(30)21-31(29)36(38-32)23-18-16-22(17-19-23)24-11-7-12-28-27-10-3-6-15-35(27)40-37(24)28/h1-21H. The van der Waals surface area contributed by atoms with Gasteiger partial charge in [-0.15, -0.1) is 11.3 Å². The Bertz CT molecular complexity index is 2430. The van der Waals surface area contributed by atoms with Gasteiger partial charge in [-0.1, -0.05) is 97.1 Å². The highest BCUT2D eigenvalue weighted by Gasteiger charge is 2.16. The number of hydrogen-bond acceptors (Lipinski definition) is 3. The second-order valence-electron chi connectivity index (χ2n) is 10.3. The van der Waals surface area contributed by atoms with Crippen molar-refractivity contribution in [1.82, 2.24) is 4.98 Å². The summed E-state index contributed by atoms with van der Waals surface area (Å²) in [6, 6.07) is 45.3. The number of aromatic nitrogens is 1. The van der Waals surface area contributed by atoms with Crippen LogP contribution in [0.1, 0.15) is 0 Å². The number of para-hydroxylation sites is 2. The number of thiophene rings is 1. The second kappa shape index (κ2) is 8.25. The Kier molecular flexibility index (Phi) is 4.52. The molecule has 186 valence electrons. The molecule has 0 bridgehead atoms. The Morgan fingerprint density at radius 2 is 1.20 bits per heavy atom. The quantitative estimate of drug-likeness (QED) is 0.209. The molecule has 3 aromatic heterocycles. The molecule has 3 heterocycles. The molecule has 6 aromatic carbocycles. The molecule has 0 unspecified atom stereocenters. The van der Waals surface area contributed by atoms with Gasteiger partial charge in [0.05, 0.1) is 11.2 Å². The molecule has 0 spiro atoms. The Morgan fingerprint density at radius 3 is 2.10 bits per heavy atom. The van der Waals surface area contributed by atoms with E-state index >= 15 is 0 Å². The normalized spacial score (nSPS) is 12.0. The van der Waals surface area contributed by atoms with E-state index in [-0.39, 0.29) is 0 Å². The SMILES string of the molecule is c1ccc2c(c1)nc(-c1ccc(-c3cccc4c3sc3ccccc34)cc1)c1cc3oc4ccccc4c3cc12. The van der Waals surface area contributed by atoms with Gasteiger partial charge >= 0.3 is 0 Å². The Labute approximate surface area is 233 Å². The first-order valence-electron chi connectivity index (χ1n) is 13.5. The number of fused-ring (bicyclic) bond motifs is 9. The molecule has 0 aliphatic carbocycles. The zero-order chi connectivity index (χ0) is 26.2. The molecule has 0 saturated heterocycles. The average molecular weight is 528 g/mol. The van der Waals surface area contributed by atoms with Crippen molar-refractivity contribution in [2.24, 2.45) is 0 Å². The summed E-state index contributed by atoms with van der Waals surface area (Å²) in [5.74, 6) is 0. The van der Waals surface area contributed by atoms with Crippen LogP contribution in [0.4, 0.5) is 0 Å². The smallest absolute Gasteiger partial charge is 0.136 e. The van der Waals surface area contributed by atoms with Crippen LogP contribution >= 0.6 is 11.3 Å². The monoisotopic (exact) mass is 527 g/mol. The van der Waals surface area contributed by atoms with Crippen molar-refractivity contribution in [2.45, 2.75) is 0 Å². The summed E-state index contributed by atoms with van der Waals surface area (Å²) in [5.41, 5.74) is 7.35. The van der Waals surface area contributed by atoms with Gasteiger partial charge in [0.25, 0.3) is 0 Å². The molecule has 0 aliphatic rings. The van der Waals surface area contributed by atoms with Gasteiger partial charge in [0.2, 0.25) is 0 Å². The van der Waals surface area contributed by atoms with Crippen molar-refractivity contribution in [1.29, 1.82) is 0 Å². The molecule has 0 N–H and O–H groups in total. The van der Waals surface area contributed by atoms with Gasteiger partial charge < -0.3 is 4.42 Å². The van der Waals surface area contributed by atoms with Crippen LogP contribution in [0.25, 0.3) is 86.2 Å². The molecule has 0 fully saturated rings. The first kappa shape index (κ1) is 21.9. The third-order valence-corrected chi connectivity index (χ3v) is 9.29. The van der Waals surface area contributed by atoms with Crippen molar-refractivity contribution in [3.8, 4) is 22.4 Å². The summed E-state index contributed by atoms with van der Waals surface area (Å²) in [6.07, 6.45) is 0. The molecular weight excluding hydrogens is 506 g/mol. The number of hydrogen-bond donors (Lipinski definition) is 0. The molecule has 0 atom stereocenters. The van der Waals surface area contributed by atoms with Gasteiger partial charge in [0, 0.05) is 47.3 Å². The zero-order valence-electron chi connectivity index (χ0n) is 21.4. The number of benzene rings is 6. The molecule has 0 amide bonds. The van der Waals surface area contributed by atoms with E-state index < -0.39 is 0 Å². The minimum absolute atomic E-state index is 0.889. The predicted molar refractivity (Wildman–Crippen MR) is 170 cm³/mol. The van der Waals surface area contributed by atoms with E-state index in [2.05, 4.69) is 115 Å². The summed E-state index contributed by atoms with van der Waals surface area (Å²) in [5, 5.41) is 8.37. The van der Waals surface area contributed by atoms with Crippen LogP contribution < -0.4 is 0 Å². The maximum Gasteiger partial charge on any atom is 0.136 e. The topological polar surface area (TPSA) is 26.0 Å². The fraction of sp³-hybridized carbons (Fsp3) is 0. The van der Waals surface area contributed by atoms with Gasteiger partial charge in [0.15, 0.2) is 0 Å². The number of furan rings is 1. The van der Waals surface area contributed by atoms with Gasteiger partial charge in [-0.05, 0) is 46.8 Å². The van der Waals surface area contributed by atoms with E-state index in [1.807, 2.05) is 23.5 Å². The van der Waals surface area contributed by atoms with Crippen molar-refractivity contribution in [3.63, 3.8) is 0 Å². The first-order chi connectivity index (χ1) is 19.8. The molecule has 0 saturated carbocycles. The molecule has 3 heteroatoms. The molecule has 40 heavy (non-hydrogen) atoms. The molecule has 0 aliphatic heterocycles. The summed E-state index contributed by atoms with van der Waals surface area (Å²) in [7, 11) is 0. The Hall–Kier alpha value is -4.99. The number of nitrogens with zero attached hydrogens (tertiary/aromatic N) is 1. The van der Waals surface area contributed by atoms with Crippen molar-refractivity contribution >= 4 is 75.1 Å². The maximum absolute atomic E-state index is 6.28. The summed E-state index contributed by atoms with van der Waals surface area (Å²) < 4.78 is 8.94. The first-order valence-corrected chi connectivity index (χ1v) is 14.3. The largest absolute Gasteiger partial charge is 0.456 e. The van der Waals surface area contributed by atoms with Crippen LogP contribution in [-0.4, -0.2) is 4.98 Å². The van der Waals surface area contributed by atoms with Crippen molar-refractivity contribution in [3.05, 3.63) is 127 Å². The van der Waals surface area contributed by atoms with Crippen LogP contribution in [-0.2, 0) is 0 Å². The zero-order valence-corrected chi connectivity index (χ0v) is 22.2. The van der Waals surface area contributed by atoms with E-state index in [4.69, 9.17) is 9.40 Å². The lowest BCUT2D eigenvalue weighted by atomic mass is 9.96. The Morgan fingerprint density at radius 1 is 0.475 bits per heavy atom. The third-order valence-electron chi connectivity index (χ3n) is 8.07. The van der Waals surface area contributed by atoms with Crippen LogP contribution in [0, 0.1) is 0 Å². The lowest BCUT2D eigenvalue weighted by Crippen LogP contribution is -1.90. The highest BCUT2D eigenvalue weighted by molar-refractivity contribution is 7.26. The maximum atomic E-state index is 6.28. The van der Waals surface area contributed by atoms with Crippen LogP contribution in [0.2, 0.25) is 0 Å². The molecule has 2 nitrogen and oxygen atoms in total. The van der Waals surface area contributed by atoms with Crippen LogP contribution in [0.5, 0.6) is 0 Å². The number of pyridine rings is 1. The molecule has 9 aromatic rings. The summed E-state index contributed by atoms with van der Waals surface area (Å²) in [6.45, 7) is 0. The van der Waals surface area contributed by atoms with E-state index in [9.17, 15) is 0 Å². The van der Waals surface area contributed by atoms with Gasteiger partial charge in [0.1, 0.15) is 11.2 Å². The minimum Gasteiger partial charge on any atom is -0.456 e. The van der Waals surface area contributed by atoms with E-state index in [0.29, 0.717) is 0 Å². The summed E-state index contributed by atoms with van der Waals surface area (Å²) >= 11 is 1.87. The van der Waals surface area contributed by atoms with Crippen LogP contribution in [0.3, 0.4) is 0 Å². The van der Waals surface area contributed by atoms with E-state index in [1.165, 1.54) is 36.7 Å².